The Bertz CT molecular complexity index is 547. The van der Waals surface area contributed by atoms with Crippen LogP contribution in [-0.4, -0.2) is 49.8 Å². The molecule has 1 saturated carbocycles. The summed E-state index contributed by atoms with van der Waals surface area (Å²) >= 11 is 2.06. The van der Waals surface area contributed by atoms with Crippen molar-refractivity contribution < 1.29 is 4.58 Å². The summed E-state index contributed by atoms with van der Waals surface area (Å²) in [6.07, 6.45) is 3.69. The molecule has 2 atom stereocenters. The third kappa shape index (κ3) is 2.53. The van der Waals surface area contributed by atoms with Gasteiger partial charge in [0.2, 0.25) is 0 Å². The zero-order chi connectivity index (χ0) is 14.3. The molecule has 1 aromatic carbocycles. The minimum Gasteiger partial charge on any atom is -0.380 e. The van der Waals surface area contributed by atoms with E-state index in [9.17, 15) is 0 Å². The summed E-state index contributed by atoms with van der Waals surface area (Å²) in [5, 5.41) is 4.43. The number of rotatable bonds is 1. The lowest BCUT2D eigenvalue weighted by atomic mass is 9.92. The lowest BCUT2D eigenvalue weighted by Gasteiger charge is -2.37. The predicted molar refractivity (Wildman–Crippen MR) is 88.8 cm³/mol. The monoisotopic (exact) mass is 290 g/mol. The molecule has 0 unspecified atom stereocenters. The molecule has 2 aliphatic rings. The van der Waals surface area contributed by atoms with E-state index in [4.69, 9.17) is 0 Å². The third-order valence-electron chi connectivity index (χ3n) is 4.36. The number of nitrogens with one attached hydrogen (secondary N) is 1. The highest BCUT2D eigenvalue weighted by Gasteiger charge is 2.35. The number of thioether (sulfide) groups is 1. The molecule has 108 valence electrons. The van der Waals surface area contributed by atoms with E-state index in [1.807, 2.05) is 0 Å². The average Bonchev–Trinajstić information content (AvgIpc) is 2.43. The lowest BCUT2D eigenvalue weighted by Crippen LogP contribution is -2.41. The van der Waals surface area contributed by atoms with Gasteiger partial charge in [-0.15, -0.1) is 11.8 Å². The first-order chi connectivity index (χ1) is 9.54. The van der Waals surface area contributed by atoms with Crippen molar-refractivity contribution in [3.63, 3.8) is 0 Å². The highest BCUT2D eigenvalue weighted by atomic mass is 32.2. The number of nitrogens with zero attached hydrogens (tertiary/aromatic N) is 2. The van der Waals surface area contributed by atoms with E-state index >= 15 is 0 Å². The Morgan fingerprint density at radius 3 is 2.80 bits per heavy atom. The summed E-state index contributed by atoms with van der Waals surface area (Å²) in [5.74, 6) is 0. The van der Waals surface area contributed by atoms with Gasteiger partial charge in [0.25, 0.3) is 0 Å². The van der Waals surface area contributed by atoms with E-state index in [1.165, 1.54) is 35.5 Å². The van der Waals surface area contributed by atoms with Crippen LogP contribution in [0.1, 0.15) is 19.3 Å². The van der Waals surface area contributed by atoms with Crippen LogP contribution in [0.2, 0.25) is 0 Å². The van der Waals surface area contributed by atoms with Crippen LogP contribution in [0.5, 0.6) is 0 Å². The molecule has 0 saturated heterocycles. The van der Waals surface area contributed by atoms with Gasteiger partial charge < -0.3 is 10.2 Å². The molecule has 0 amide bonds. The third-order valence-corrected chi connectivity index (χ3v) is 5.75. The van der Waals surface area contributed by atoms with Gasteiger partial charge in [0.05, 0.1) is 0 Å². The van der Waals surface area contributed by atoms with E-state index in [-0.39, 0.29) is 0 Å². The maximum absolute atomic E-state index is 3.75. The van der Waals surface area contributed by atoms with E-state index < -0.39 is 0 Å². The molecule has 0 bridgehead atoms. The molecule has 1 aliphatic heterocycles. The Balaban J connectivity index is 1.86. The van der Waals surface area contributed by atoms with Gasteiger partial charge in [0.15, 0.2) is 5.71 Å². The molecule has 1 heterocycles. The SMILES string of the molecule is CN(C)c1ccc2c(c1)S[C@@H]1CC(=[N+](C)C)CC[C@@H]1N2. The fourth-order valence-corrected chi connectivity index (χ4v) is 4.46. The first-order valence-electron chi connectivity index (χ1n) is 7.31. The largest absolute Gasteiger partial charge is 0.380 e. The second kappa shape index (κ2) is 5.32. The van der Waals surface area contributed by atoms with Crippen LogP contribution < -0.4 is 10.2 Å². The number of anilines is 2. The second-order valence-electron chi connectivity index (χ2n) is 6.19. The van der Waals surface area contributed by atoms with Crippen LogP contribution in [0.25, 0.3) is 0 Å². The summed E-state index contributed by atoms with van der Waals surface area (Å²) in [7, 11) is 8.55. The highest BCUT2D eigenvalue weighted by Crippen LogP contribution is 2.43. The average molecular weight is 290 g/mol. The minimum atomic E-state index is 0.626. The Morgan fingerprint density at radius 1 is 1.30 bits per heavy atom. The Morgan fingerprint density at radius 2 is 2.10 bits per heavy atom. The summed E-state index contributed by atoms with van der Waals surface area (Å²) in [6, 6.07) is 7.38. The number of hydrogen-bond donors (Lipinski definition) is 1. The fourth-order valence-electron chi connectivity index (χ4n) is 3.05. The number of benzene rings is 1. The van der Waals surface area contributed by atoms with Crippen molar-refractivity contribution in [2.45, 2.75) is 35.4 Å². The summed E-state index contributed by atoms with van der Waals surface area (Å²) in [6.45, 7) is 0. The molecule has 4 heteroatoms. The molecule has 3 rings (SSSR count). The van der Waals surface area contributed by atoms with Crippen molar-refractivity contribution in [2.75, 3.05) is 38.4 Å². The molecular formula is C16H24N3S+. The van der Waals surface area contributed by atoms with Crippen molar-refractivity contribution in [1.82, 2.24) is 0 Å². The van der Waals surface area contributed by atoms with Crippen LogP contribution in [0.3, 0.4) is 0 Å². The predicted octanol–water partition coefficient (Wildman–Crippen LogP) is 2.90. The Labute approximate surface area is 126 Å². The Hall–Kier alpha value is -1.16. The second-order valence-corrected chi connectivity index (χ2v) is 7.47. The molecule has 3 nitrogen and oxygen atoms in total. The van der Waals surface area contributed by atoms with Gasteiger partial charge in [-0.3, -0.25) is 0 Å². The molecule has 1 fully saturated rings. The van der Waals surface area contributed by atoms with Crippen LogP contribution in [0.15, 0.2) is 23.1 Å². The molecular weight excluding hydrogens is 266 g/mol. The molecule has 0 radical (unpaired) electrons. The highest BCUT2D eigenvalue weighted by molar-refractivity contribution is 8.00. The van der Waals surface area contributed by atoms with E-state index in [1.54, 1.807) is 5.71 Å². The van der Waals surface area contributed by atoms with Crippen molar-refractivity contribution >= 4 is 28.8 Å². The lowest BCUT2D eigenvalue weighted by molar-refractivity contribution is -0.467. The van der Waals surface area contributed by atoms with Crippen LogP contribution in [0.4, 0.5) is 11.4 Å². The van der Waals surface area contributed by atoms with Gasteiger partial charge in [-0.05, 0) is 24.6 Å². The van der Waals surface area contributed by atoms with Gasteiger partial charge in [-0.1, -0.05) is 0 Å². The van der Waals surface area contributed by atoms with Crippen molar-refractivity contribution in [1.29, 1.82) is 0 Å². The van der Waals surface area contributed by atoms with Gasteiger partial charge in [0, 0.05) is 54.5 Å². The van der Waals surface area contributed by atoms with Gasteiger partial charge in [-0.25, -0.2) is 4.58 Å². The molecule has 1 aromatic rings. The normalized spacial score (nSPS) is 24.5. The first-order valence-corrected chi connectivity index (χ1v) is 8.19. The van der Waals surface area contributed by atoms with Crippen molar-refractivity contribution in [3.8, 4) is 0 Å². The molecule has 1 N–H and O–H groups in total. The zero-order valence-corrected chi connectivity index (χ0v) is 13.6. The topological polar surface area (TPSA) is 18.3 Å². The molecule has 0 aromatic heterocycles. The quantitative estimate of drug-likeness (QED) is 0.802. The molecule has 1 aliphatic carbocycles. The summed E-state index contributed by atoms with van der Waals surface area (Å²) in [5.41, 5.74) is 4.19. The maximum Gasteiger partial charge on any atom is 0.153 e. The van der Waals surface area contributed by atoms with Crippen LogP contribution in [-0.2, 0) is 0 Å². The standard InChI is InChI=1S/C16H24N3S/c1-18(2)11-5-7-13-15(9-11)20-16-10-12(19(3)4)6-8-14(16)17-13/h5,7,9,14,16-17H,6,8,10H2,1-4H3/q+1/t14-,16+/m0/s1. The minimum absolute atomic E-state index is 0.626. The van der Waals surface area contributed by atoms with Crippen molar-refractivity contribution in [3.05, 3.63) is 18.2 Å². The molecule has 0 spiro atoms. The maximum atomic E-state index is 3.75. The first kappa shape index (κ1) is 13.8. The van der Waals surface area contributed by atoms with Gasteiger partial charge >= 0.3 is 0 Å². The van der Waals surface area contributed by atoms with Crippen LogP contribution in [0, 0.1) is 0 Å². The molecule has 20 heavy (non-hydrogen) atoms. The smallest absolute Gasteiger partial charge is 0.153 e. The zero-order valence-electron chi connectivity index (χ0n) is 12.8. The summed E-state index contributed by atoms with van der Waals surface area (Å²) < 4.78 is 2.31. The van der Waals surface area contributed by atoms with Crippen molar-refractivity contribution in [2.24, 2.45) is 0 Å². The van der Waals surface area contributed by atoms with Gasteiger partial charge in [-0.2, -0.15) is 0 Å². The fraction of sp³-hybridized carbons (Fsp3) is 0.562. The van der Waals surface area contributed by atoms with E-state index in [0.717, 1.165) is 0 Å². The van der Waals surface area contributed by atoms with E-state index in [0.29, 0.717) is 11.3 Å². The Kier molecular flexibility index (Phi) is 3.67. The van der Waals surface area contributed by atoms with E-state index in [2.05, 4.69) is 72.9 Å². The number of hydrogen-bond acceptors (Lipinski definition) is 3. The summed E-state index contributed by atoms with van der Waals surface area (Å²) in [4.78, 5) is 3.57. The number of fused-ring (bicyclic) bond motifs is 2. The van der Waals surface area contributed by atoms with Gasteiger partial charge in [0.1, 0.15) is 14.1 Å². The van der Waals surface area contributed by atoms with Crippen LogP contribution >= 0.6 is 11.8 Å².